The summed E-state index contributed by atoms with van der Waals surface area (Å²) >= 11 is 0. The van der Waals surface area contributed by atoms with Crippen molar-refractivity contribution in [2.75, 3.05) is 45.9 Å². The highest BCUT2D eigenvalue weighted by Crippen LogP contribution is 2.38. The summed E-state index contributed by atoms with van der Waals surface area (Å²) in [7, 11) is 7.28. The maximum Gasteiger partial charge on any atom is 0.304 e. The lowest BCUT2D eigenvalue weighted by Crippen LogP contribution is -2.37. The fraction of sp³-hybridized carbons (Fsp3) is 0.471. The maximum atomic E-state index is 12.3. The molecule has 0 aliphatic heterocycles. The molecule has 0 atom stereocenters. The molecule has 0 fully saturated rings. The van der Waals surface area contributed by atoms with Crippen molar-refractivity contribution in [3.8, 4) is 17.2 Å². The summed E-state index contributed by atoms with van der Waals surface area (Å²) in [5.41, 5.74) is 0.271. The van der Waals surface area contributed by atoms with Crippen molar-refractivity contribution in [2.24, 2.45) is 0 Å². The van der Waals surface area contributed by atoms with E-state index < -0.39 is 11.9 Å². The second kappa shape index (κ2) is 13.0. The van der Waals surface area contributed by atoms with Crippen LogP contribution in [0.4, 0.5) is 0 Å². The van der Waals surface area contributed by atoms with Gasteiger partial charge in [-0.25, -0.2) is 0 Å². The number of methoxy groups -OCH3 is 3. The molecule has 0 saturated heterocycles. The standard InChI is InChI=1S/C17H24N2O7S2/c1-24-12-8-11(9-13(25-2)16(12)26-3)17(23)19-10-14(20)18-5-7-28-27-6-4-15(21)22/h8-9H,4-7,10H2,1-3H3,(H,18,20)(H,19,23)(H,21,22). The molecule has 0 aromatic heterocycles. The van der Waals surface area contributed by atoms with Crippen LogP contribution >= 0.6 is 21.6 Å². The van der Waals surface area contributed by atoms with Crippen LogP contribution in [0.5, 0.6) is 17.2 Å². The molecule has 9 nitrogen and oxygen atoms in total. The molecule has 0 aliphatic carbocycles. The van der Waals surface area contributed by atoms with Crippen LogP contribution < -0.4 is 24.8 Å². The van der Waals surface area contributed by atoms with Gasteiger partial charge in [0, 0.05) is 23.6 Å². The molecule has 3 N–H and O–H groups in total. The number of hydrogen-bond acceptors (Lipinski definition) is 8. The Bertz CT molecular complexity index is 660. The molecule has 0 unspecified atom stereocenters. The van der Waals surface area contributed by atoms with Crippen molar-refractivity contribution in [3.63, 3.8) is 0 Å². The highest BCUT2D eigenvalue weighted by molar-refractivity contribution is 8.76. The predicted molar refractivity (Wildman–Crippen MR) is 109 cm³/mol. The minimum atomic E-state index is -0.829. The molecule has 0 saturated carbocycles. The molecule has 0 spiro atoms. The number of carbonyl (C=O) groups excluding carboxylic acids is 2. The van der Waals surface area contributed by atoms with Gasteiger partial charge in [0.1, 0.15) is 0 Å². The van der Waals surface area contributed by atoms with Gasteiger partial charge in [0.25, 0.3) is 5.91 Å². The first-order chi connectivity index (χ1) is 13.4. The molecular weight excluding hydrogens is 408 g/mol. The van der Waals surface area contributed by atoms with Crippen molar-refractivity contribution < 1.29 is 33.7 Å². The van der Waals surface area contributed by atoms with Crippen LogP contribution in [-0.4, -0.2) is 68.8 Å². The number of ether oxygens (including phenoxy) is 3. The Morgan fingerprint density at radius 3 is 2.11 bits per heavy atom. The number of carboxylic acid groups (broad SMARTS) is 1. The molecule has 1 aromatic rings. The van der Waals surface area contributed by atoms with Crippen LogP contribution in [0.2, 0.25) is 0 Å². The number of carboxylic acids is 1. The van der Waals surface area contributed by atoms with E-state index in [0.717, 1.165) is 0 Å². The summed E-state index contributed by atoms with van der Waals surface area (Å²) in [4.78, 5) is 34.5. The Morgan fingerprint density at radius 1 is 0.964 bits per heavy atom. The fourth-order valence-corrected chi connectivity index (χ4v) is 3.90. The molecule has 1 rings (SSSR count). The molecule has 28 heavy (non-hydrogen) atoms. The van der Waals surface area contributed by atoms with Gasteiger partial charge in [0.2, 0.25) is 11.7 Å². The van der Waals surface area contributed by atoms with Crippen LogP contribution in [0.1, 0.15) is 16.8 Å². The van der Waals surface area contributed by atoms with E-state index >= 15 is 0 Å². The van der Waals surface area contributed by atoms with E-state index in [9.17, 15) is 14.4 Å². The molecule has 0 aliphatic rings. The number of amides is 2. The van der Waals surface area contributed by atoms with Gasteiger partial charge < -0.3 is 30.0 Å². The number of benzene rings is 1. The van der Waals surface area contributed by atoms with Gasteiger partial charge in [-0.2, -0.15) is 0 Å². The third-order valence-electron chi connectivity index (χ3n) is 3.33. The maximum absolute atomic E-state index is 12.3. The topological polar surface area (TPSA) is 123 Å². The molecular formula is C17H24N2O7S2. The van der Waals surface area contributed by atoms with E-state index in [1.165, 1.54) is 55.0 Å². The largest absolute Gasteiger partial charge is 0.493 e. The van der Waals surface area contributed by atoms with Gasteiger partial charge in [0.05, 0.1) is 34.3 Å². The second-order valence-corrected chi connectivity index (χ2v) is 7.94. The normalized spacial score (nSPS) is 10.1. The first kappa shape index (κ1) is 23.8. The Hall–Kier alpha value is -2.27. The van der Waals surface area contributed by atoms with Gasteiger partial charge >= 0.3 is 5.97 Å². The van der Waals surface area contributed by atoms with Crippen LogP contribution in [-0.2, 0) is 9.59 Å². The highest BCUT2D eigenvalue weighted by atomic mass is 33.1. The number of carbonyl (C=O) groups is 3. The zero-order valence-electron chi connectivity index (χ0n) is 15.9. The van der Waals surface area contributed by atoms with Crippen LogP contribution in [0.15, 0.2) is 12.1 Å². The smallest absolute Gasteiger partial charge is 0.304 e. The molecule has 1 aromatic carbocycles. The first-order valence-corrected chi connectivity index (χ1v) is 10.7. The van der Waals surface area contributed by atoms with Crippen LogP contribution in [0.25, 0.3) is 0 Å². The molecule has 0 radical (unpaired) electrons. The van der Waals surface area contributed by atoms with Crippen molar-refractivity contribution in [2.45, 2.75) is 6.42 Å². The van der Waals surface area contributed by atoms with E-state index in [1.807, 2.05) is 0 Å². The van der Waals surface area contributed by atoms with Gasteiger partial charge in [0.15, 0.2) is 11.5 Å². The quantitative estimate of drug-likeness (QED) is 0.314. The molecule has 11 heteroatoms. The highest BCUT2D eigenvalue weighted by Gasteiger charge is 2.17. The summed E-state index contributed by atoms with van der Waals surface area (Å²) in [5, 5.41) is 13.7. The zero-order valence-corrected chi connectivity index (χ0v) is 17.5. The Labute approximate surface area is 171 Å². The number of nitrogens with one attached hydrogen (secondary N) is 2. The monoisotopic (exact) mass is 432 g/mol. The van der Waals surface area contributed by atoms with E-state index in [2.05, 4.69) is 10.6 Å². The Balaban J connectivity index is 2.41. The van der Waals surface area contributed by atoms with Gasteiger partial charge in [-0.3, -0.25) is 14.4 Å². The first-order valence-electron chi connectivity index (χ1n) is 8.24. The summed E-state index contributed by atoms with van der Waals surface area (Å²) in [6, 6.07) is 3.00. The van der Waals surface area contributed by atoms with Crippen molar-refractivity contribution in [3.05, 3.63) is 17.7 Å². The number of aliphatic carboxylic acids is 1. The molecule has 0 heterocycles. The second-order valence-electron chi connectivity index (χ2n) is 5.23. The Morgan fingerprint density at radius 2 is 1.57 bits per heavy atom. The van der Waals surface area contributed by atoms with Crippen molar-refractivity contribution in [1.29, 1.82) is 0 Å². The van der Waals surface area contributed by atoms with E-state index in [-0.39, 0.29) is 24.4 Å². The van der Waals surface area contributed by atoms with Crippen molar-refractivity contribution in [1.82, 2.24) is 10.6 Å². The predicted octanol–water partition coefficient (Wildman–Crippen LogP) is 1.41. The summed E-state index contributed by atoms with van der Waals surface area (Å²) < 4.78 is 15.6. The van der Waals surface area contributed by atoms with Crippen LogP contribution in [0, 0.1) is 0 Å². The van der Waals surface area contributed by atoms with Gasteiger partial charge in [-0.15, -0.1) is 0 Å². The van der Waals surface area contributed by atoms with E-state index in [4.69, 9.17) is 19.3 Å². The van der Waals surface area contributed by atoms with Gasteiger partial charge in [-0.1, -0.05) is 21.6 Å². The van der Waals surface area contributed by atoms with E-state index in [0.29, 0.717) is 35.3 Å². The molecule has 0 bridgehead atoms. The SMILES string of the molecule is COc1cc(C(=O)NCC(=O)NCCSSCCC(=O)O)cc(OC)c1OC. The minimum Gasteiger partial charge on any atom is -0.493 e. The summed E-state index contributed by atoms with van der Waals surface area (Å²) in [5.74, 6) is 0.602. The summed E-state index contributed by atoms with van der Waals surface area (Å²) in [6.45, 7) is 0.246. The lowest BCUT2D eigenvalue weighted by atomic mass is 10.1. The molecule has 156 valence electrons. The summed E-state index contributed by atoms with van der Waals surface area (Å²) in [6.07, 6.45) is 0.108. The average Bonchev–Trinajstić information content (AvgIpc) is 2.69. The number of rotatable bonds is 13. The molecule has 2 amide bonds. The third kappa shape index (κ3) is 8.17. The van der Waals surface area contributed by atoms with Crippen molar-refractivity contribution >= 4 is 39.4 Å². The lowest BCUT2D eigenvalue weighted by Gasteiger charge is -2.14. The number of hydrogen-bond donors (Lipinski definition) is 3. The average molecular weight is 433 g/mol. The minimum absolute atomic E-state index is 0.108. The van der Waals surface area contributed by atoms with Gasteiger partial charge in [-0.05, 0) is 12.1 Å². The Kier molecular flexibility index (Phi) is 11.0. The fourth-order valence-electron chi connectivity index (χ4n) is 2.02. The zero-order chi connectivity index (χ0) is 20.9. The van der Waals surface area contributed by atoms with E-state index in [1.54, 1.807) is 0 Å². The van der Waals surface area contributed by atoms with Crippen LogP contribution in [0.3, 0.4) is 0 Å². The lowest BCUT2D eigenvalue weighted by molar-refractivity contribution is -0.136. The third-order valence-corrected chi connectivity index (χ3v) is 5.73.